The van der Waals surface area contributed by atoms with Gasteiger partial charge < -0.3 is 9.47 Å². The van der Waals surface area contributed by atoms with Gasteiger partial charge in [-0.15, -0.1) is 0 Å². The van der Waals surface area contributed by atoms with E-state index in [0.717, 1.165) is 12.0 Å². The highest BCUT2D eigenvalue weighted by atomic mass is 32.2. The molecule has 6 nitrogen and oxygen atoms in total. The number of para-hydroxylation sites is 1. The molecule has 0 atom stereocenters. The monoisotopic (exact) mass is 412 g/mol. The lowest BCUT2D eigenvalue weighted by molar-refractivity contribution is -0.143. The van der Waals surface area contributed by atoms with E-state index in [4.69, 9.17) is 14.5 Å². The van der Waals surface area contributed by atoms with E-state index in [2.05, 4.69) is 0 Å². The molecule has 1 heterocycles. The summed E-state index contributed by atoms with van der Waals surface area (Å²) in [5.74, 6) is 0.794. The molecule has 0 aliphatic rings. The van der Waals surface area contributed by atoms with Crippen LogP contribution in [-0.2, 0) is 9.53 Å². The third-order valence-electron chi connectivity index (χ3n) is 4.32. The first kappa shape index (κ1) is 20.9. The van der Waals surface area contributed by atoms with Gasteiger partial charge in [-0.05, 0) is 43.2 Å². The molecule has 1 aromatic heterocycles. The molecule has 0 spiro atoms. The van der Waals surface area contributed by atoms with Crippen molar-refractivity contribution in [1.82, 2.24) is 9.55 Å². The van der Waals surface area contributed by atoms with Crippen LogP contribution in [0.5, 0.6) is 5.75 Å². The van der Waals surface area contributed by atoms with Gasteiger partial charge in [-0.25, -0.2) is 4.98 Å². The minimum atomic E-state index is -0.248. The number of thioether (sulfide) groups is 1. The Bertz CT molecular complexity index is 1080. The topological polar surface area (TPSA) is 70.4 Å². The van der Waals surface area contributed by atoms with Crippen LogP contribution in [0.25, 0.3) is 16.6 Å². The minimum absolute atomic E-state index is 0.171. The van der Waals surface area contributed by atoms with E-state index in [1.54, 1.807) is 17.7 Å². The van der Waals surface area contributed by atoms with Crippen molar-refractivity contribution in [2.24, 2.45) is 0 Å². The average Bonchev–Trinajstić information content (AvgIpc) is 2.72. The first-order valence-electron chi connectivity index (χ1n) is 9.50. The number of ether oxygens (including phenoxy) is 2. The maximum absolute atomic E-state index is 13.3. The van der Waals surface area contributed by atoms with E-state index < -0.39 is 0 Å². The fourth-order valence-electron chi connectivity index (χ4n) is 2.91. The van der Waals surface area contributed by atoms with Crippen molar-refractivity contribution in [3.8, 4) is 11.4 Å². The maximum atomic E-state index is 13.3. The molecule has 0 saturated carbocycles. The second kappa shape index (κ2) is 9.60. The molecule has 0 amide bonds. The zero-order valence-electron chi connectivity index (χ0n) is 16.8. The average molecular weight is 413 g/mol. The summed E-state index contributed by atoms with van der Waals surface area (Å²) >= 11 is 1.35. The highest BCUT2D eigenvalue weighted by Gasteiger charge is 2.17. The first-order chi connectivity index (χ1) is 14.0. The van der Waals surface area contributed by atoms with E-state index in [1.165, 1.54) is 11.8 Å². The molecule has 0 N–H and O–H groups in total. The van der Waals surface area contributed by atoms with Gasteiger partial charge >= 0.3 is 5.97 Å². The van der Waals surface area contributed by atoms with Gasteiger partial charge in [0, 0.05) is 5.75 Å². The molecule has 0 radical (unpaired) electrons. The Labute approximate surface area is 173 Å². The number of methoxy groups -OCH3 is 1. The molecular weight excluding hydrogens is 388 g/mol. The van der Waals surface area contributed by atoms with E-state index in [-0.39, 0.29) is 17.9 Å². The number of benzene rings is 2. The molecule has 3 rings (SSSR count). The Morgan fingerprint density at radius 2 is 2.00 bits per heavy atom. The summed E-state index contributed by atoms with van der Waals surface area (Å²) in [5, 5.41) is 1.05. The zero-order chi connectivity index (χ0) is 20.8. The smallest absolute Gasteiger partial charge is 0.306 e. The summed E-state index contributed by atoms with van der Waals surface area (Å²) in [4.78, 5) is 29.9. The summed E-state index contributed by atoms with van der Waals surface area (Å²) < 4.78 is 12.2. The number of carbonyl (C=O) groups is 1. The van der Waals surface area contributed by atoms with Crippen molar-refractivity contribution in [2.45, 2.75) is 31.8 Å². The van der Waals surface area contributed by atoms with Gasteiger partial charge in [-0.1, -0.05) is 36.9 Å². The normalized spacial score (nSPS) is 10.9. The van der Waals surface area contributed by atoms with Crippen LogP contribution in [0.1, 0.15) is 25.3 Å². The number of esters is 1. The number of aromatic nitrogens is 2. The first-order valence-corrected chi connectivity index (χ1v) is 10.5. The molecule has 3 aromatic rings. The Morgan fingerprint density at radius 3 is 2.76 bits per heavy atom. The van der Waals surface area contributed by atoms with Gasteiger partial charge in [0.1, 0.15) is 5.75 Å². The zero-order valence-corrected chi connectivity index (χ0v) is 17.6. The largest absolute Gasteiger partial charge is 0.495 e. The van der Waals surface area contributed by atoms with Crippen LogP contribution in [0, 0.1) is 6.92 Å². The SMILES string of the molecule is CCCOC(=O)CCSc1nc2ccccc2c(=O)n1-c1cc(C)ccc1OC. The molecule has 152 valence electrons. The van der Waals surface area contributed by atoms with Gasteiger partial charge in [0.15, 0.2) is 5.16 Å². The van der Waals surface area contributed by atoms with Gasteiger partial charge in [0.25, 0.3) is 5.56 Å². The van der Waals surface area contributed by atoms with Crippen LogP contribution in [0.3, 0.4) is 0 Å². The molecule has 0 fully saturated rings. The highest BCUT2D eigenvalue weighted by Crippen LogP contribution is 2.28. The number of hydrogen-bond donors (Lipinski definition) is 0. The lowest BCUT2D eigenvalue weighted by atomic mass is 10.2. The van der Waals surface area contributed by atoms with E-state index in [9.17, 15) is 9.59 Å². The number of nitrogens with zero attached hydrogens (tertiary/aromatic N) is 2. The molecule has 0 aliphatic carbocycles. The van der Waals surface area contributed by atoms with E-state index >= 15 is 0 Å². The van der Waals surface area contributed by atoms with Crippen molar-refractivity contribution in [2.75, 3.05) is 19.5 Å². The Kier molecular flexibility index (Phi) is 6.93. The molecule has 29 heavy (non-hydrogen) atoms. The van der Waals surface area contributed by atoms with Gasteiger partial charge in [-0.3, -0.25) is 14.2 Å². The standard InChI is InChI=1S/C22H24N2O4S/c1-4-12-28-20(25)11-13-29-22-23-17-8-6-5-7-16(17)21(26)24(22)18-14-15(2)9-10-19(18)27-3/h5-10,14H,4,11-13H2,1-3H3. The van der Waals surface area contributed by atoms with Gasteiger partial charge in [0.2, 0.25) is 0 Å². The number of fused-ring (bicyclic) bond motifs is 1. The molecular formula is C22H24N2O4S. The number of rotatable bonds is 8. The van der Waals surface area contributed by atoms with Gasteiger partial charge in [-0.2, -0.15) is 0 Å². The Balaban J connectivity index is 2.04. The molecule has 0 bridgehead atoms. The van der Waals surface area contributed by atoms with E-state index in [1.807, 2.05) is 50.2 Å². The molecule has 2 aromatic carbocycles. The Hall–Kier alpha value is -2.80. The highest BCUT2D eigenvalue weighted by molar-refractivity contribution is 7.99. The summed E-state index contributed by atoms with van der Waals surface area (Å²) in [6.45, 7) is 4.33. The third-order valence-corrected chi connectivity index (χ3v) is 5.27. The van der Waals surface area contributed by atoms with Crippen LogP contribution in [0.15, 0.2) is 52.4 Å². The maximum Gasteiger partial charge on any atom is 0.306 e. The fraction of sp³-hybridized carbons (Fsp3) is 0.318. The van der Waals surface area contributed by atoms with Crippen molar-refractivity contribution >= 4 is 28.6 Å². The van der Waals surface area contributed by atoms with Crippen molar-refractivity contribution in [3.63, 3.8) is 0 Å². The molecule has 0 saturated heterocycles. The van der Waals surface area contributed by atoms with Crippen molar-refractivity contribution in [1.29, 1.82) is 0 Å². The van der Waals surface area contributed by atoms with Crippen LogP contribution < -0.4 is 10.3 Å². The Morgan fingerprint density at radius 1 is 1.21 bits per heavy atom. The number of carbonyl (C=O) groups excluding carboxylic acids is 1. The van der Waals surface area contributed by atoms with Crippen LogP contribution in [0.2, 0.25) is 0 Å². The number of aryl methyl sites for hydroxylation is 1. The van der Waals surface area contributed by atoms with E-state index in [0.29, 0.717) is 39.9 Å². The summed E-state index contributed by atoms with van der Waals surface area (Å²) in [6, 6.07) is 12.9. The minimum Gasteiger partial charge on any atom is -0.495 e. The summed E-state index contributed by atoms with van der Waals surface area (Å²) in [7, 11) is 1.57. The predicted octanol–water partition coefficient (Wildman–Crippen LogP) is 4.14. The molecule has 0 unspecified atom stereocenters. The van der Waals surface area contributed by atoms with Crippen molar-refractivity contribution < 1.29 is 14.3 Å². The van der Waals surface area contributed by atoms with Gasteiger partial charge in [0.05, 0.1) is 36.7 Å². The molecule has 7 heteroatoms. The fourth-order valence-corrected chi connectivity index (χ4v) is 3.83. The van der Waals surface area contributed by atoms with Crippen LogP contribution in [-0.4, -0.2) is 35.0 Å². The third kappa shape index (κ3) is 4.79. The second-order valence-electron chi connectivity index (χ2n) is 6.55. The van der Waals surface area contributed by atoms with Crippen molar-refractivity contribution in [3.05, 3.63) is 58.4 Å². The predicted molar refractivity (Wildman–Crippen MR) is 115 cm³/mol. The lowest BCUT2D eigenvalue weighted by Crippen LogP contribution is -2.22. The van der Waals surface area contributed by atoms with Crippen LogP contribution >= 0.6 is 11.8 Å². The summed E-state index contributed by atoms with van der Waals surface area (Å²) in [6.07, 6.45) is 1.04. The molecule has 0 aliphatic heterocycles. The second-order valence-corrected chi connectivity index (χ2v) is 7.61. The quantitative estimate of drug-likeness (QED) is 0.315. The summed E-state index contributed by atoms with van der Waals surface area (Å²) in [5.41, 5.74) is 2.08. The lowest BCUT2D eigenvalue weighted by Gasteiger charge is -2.16. The number of hydrogen-bond acceptors (Lipinski definition) is 6. The van der Waals surface area contributed by atoms with Crippen LogP contribution in [0.4, 0.5) is 0 Å².